The molecule has 0 aromatic heterocycles. The number of ether oxygens (including phenoxy) is 1. The van der Waals surface area contributed by atoms with Crippen LogP contribution in [0.25, 0.3) is 0 Å². The Morgan fingerprint density at radius 1 is 1.10 bits per heavy atom. The van der Waals surface area contributed by atoms with Gasteiger partial charge in [0.1, 0.15) is 5.60 Å². The minimum Gasteiger partial charge on any atom is -0.443 e. The maximum atomic E-state index is 13.5. The maximum absolute atomic E-state index is 13.5. The molecule has 8 heteroatoms. The van der Waals surface area contributed by atoms with Crippen molar-refractivity contribution in [2.24, 2.45) is 0 Å². The summed E-state index contributed by atoms with van der Waals surface area (Å²) in [5.41, 5.74) is -1.90. The topological polar surface area (TPSA) is 87.2 Å². The van der Waals surface area contributed by atoms with Crippen molar-refractivity contribution < 1.29 is 24.2 Å². The summed E-state index contributed by atoms with van der Waals surface area (Å²) in [5, 5.41) is 11.7. The molecular formula is C22H21ClN2O5. The van der Waals surface area contributed by atoms with Crippen LogP contribution >= 0.6 is 11.6 Å². The van der Waals surface area contributed by atoms with Gasteiger partial charge in [-0.05, 0) is 51.1 Å². The number of fused-ring (bicyclic) bond motifs is 4. The Kier molecular flexibility index (Phi) is 4.63. The molecule has 0 unspecified atom stereocenters. The number of carbonyl (C=O) groups is 3. The van der Waals surface area contributed by atoms with Gasteiger partial charge >= 0.3 is 6.09 Å². The molecule has 1 atom stereocenters. The lowest BCUT2D eigenvalue weighted by Gasteiger charge is -2.38. The normalized spacial score (nSPS) is 20.8. The molecule has 0 saturated carbocycles. The number of Topliss-reactive ketones (excluding diaryl/α,β-unsaturated/α-hetero) is 1. The number of hydrogen-bond acceptors (Lipinski definition) is 5. The van der Waals surface area contributed by atoms with Crippen LogP contribution in [0.3, 0.4) is 0 Å². The Hall–Kier alpha value is -2.90. The molecule has 2 aliphatic heterocycles. The summed E-state index contributed by atoms with van der Waals surface area (Å²) in [6.07, 6.45) is -0.844. The molecule has 2 aromatic rings. The van der Waals surface area contributed by atoms with E-state index in [-0.39, 0.29) is 29.8 Å². The van der Waals surface area contributed by atoms with Gasteiger partial charge in [0, 0.05) is 23.6 Å². The van der Waals surface area contributed by atoms with Crippen molar-refractivity contribution in [3.8, 4) is 0 Å². The Morgan fingerprint density at radius 2 is 1.80 bits per heavy atom. The number of aliphatic hydroxyl groups is 1. The first-order valence-electron chi connectivity index (χ1n) is 9.54. The lowest BCUT2D eigenvalue weighted by molar-refractivity contribution is 0.0278. The van der Waals surface area contributed by atoms with E-state index < -0.39 is 29.1 Å². The van der Waals surface area contributed by atoms with Gasteiger partial charge in [-0.1, -0.05) is 23.7 Å². The van der Waals surface area contributed by atoms with Crippen LogP contribution < -0.4 is 9.80 Å². The van der Waals surface area contributed by atoms with Crippen LogP contribution in [0.1, 0.15) is 47.9 Å². The first kappa shape index (κ1) is 20.4. The zero-order chi connectivity index (χ0) is 21.8. The predicted molar refractivity (Wildman–Crippen MR) is 112 cm³/mol. The van der Waals surface area contributed by atoms with Gasteiger partial charge in [0.05, 0.1) is 16.9 Å². The summed E-state index contributed by atoms with van der Waals surface area (Å²) in [4.78, 5) is 41.9. The molecule has 2 amide bonds. The molecule has 2 aliphatic rings. The number of anilines is 2. The molecular weight excluding hydrogens is 408 g/mol. The van der Waals surface area contributed by atoms with E-state index in [0.717, 1.165) is 4.90 Å². The molecule has 2 aromatic carbocycles. The average molecular weight is 429 g/mol. The Labute approximate surface area is 178 Å². The van der Waals surface area contributed by atoms with Crippen LogP contribution in [0.4, 0.5) is 16.2 Å². The molecule has 0 saturated heterocycles. The number of rotatable bonds is 0. The molecule has 0 radical (unpaired) electrons. The van der Waals surface area contributed by atoms with E-state index in [2.05, 4.69) is 0 Å². The first-order valence-corrected chi connectivity index (χ1v) is 9.91. The molecule has 156 valence electrons. The summed E-state index contributed by atoms with van der Waals surface area (Å²) in [6.45, 7) is 5.19. The number of para-hydroxylation sites is 1. The van der Waals surface area contributed by atoms with Crippen molar-refractivity contribution in [1.29, 1.82) is 0 Å². The minimum absolute atomic E-state index is 0.0281. The lowest BCUT2D eigenvalue weighted by Crippen LogP contribution is -2.57. The zero-order valence-corrected chi connectivity index (χ0v) is 17.6. The van der Waals surface area contributed by atoms with E-state index in [4.69, 9.17) is 16.3 Å². The molecule has 4 rings (SSSR count). The number of hydrogen-bond donors (Lipinski definition) is 1. The number of halogens is 1. The van der Waals surface area contributed by atoms with Gasteiger partial charge in [-0.25, -0.2) is 4.79 Å². The van der Waals surface area contributed by atoms with E-state index in [1.54, 1.807) is 45.0 Å². The van der Waals surface area contributed by atoms with Gasteiger partial charge in [0.25, 0.3) is 5.91 Å². The predicted octanol–water partition coefficient (Wildman–Crippen LogP) is 4.02. The van der Waals surface area contributed by atoms with E-state index in [1.165, 1.54) is 23.1 Å². The molecule has 0 fully saturated rings. The van der Waals surface area contributed by atoms with Crippen molar-refractivity contribution in [2.45, 2.75) is 38.5 Å². The first-order chi connectivity index (χ1) is 14.0. The SMILES string of the molecule is CC(C)(C)OC(=O)N1CC[C@@]2(O)C(=O)c3ccc(Cl)cc3N2C(=O)c2ccccc21. The molecule has 7 nitrogen and oxygen atoms in total. The molecule has 0 aliphatic carbocycles. The van der Waals surface area contributed by atoms with Crippen molar-refractivity contribution in [1.82, 2.24) is 0 Å². The number of nitrogens with zero attached hydrogens (tertiary/aromatic N) is 2. The number of ketones is 1. The highest BCUT2D eigenvalue weighted by Crippen LogP contribution is 2.44. The third-order valence-corrected chi connectivity index (χ3v) is 5.34. The molecule has 0 spiro atoms. The van der Waals surface area contributed by atoms with Crippen molar-refractivity contribution >= 4 is 40.8 Å². The highest BCUT2D eigenvalue weighted by atomic mass is 35.5. The smallest absolute Gasteiger partial charge is 0.414 e. The average Bonchev–Trinajstić information content (AvgIpc) is 2.86. The fourth-order valence-electron chi connectivity index (χ4n) is 3.81. The van der Waals surface area contributed by atoms with Crippen molar-refractivity contribution in [3.63, 3.8) is 0 Å². The van der Waals surface area contributed by atoms with Crippen LogP contribution in [-0.2, 0) is 4.74 Å². The number of benzene rings is 2. The Morgan fingerprint density at radius 3 is 2.50 bits per heavy atom. The van der Waals surface area contributed by atoms with Gasteiger partial charge in [-0.2, -0.15) is 0 Å². The van der Waals surface area contributed by atoms with Crippen molar-refractivity contribution in [3.05, 3.63) is 58.6 Å². The minimum atomic E-state index is -2.13. The van der Waals surface area contributed by atoms with Gasteiger partial charge in [-0.3, -0.25) is 19.4 Å². The third-order valence-electron chi connectivity index (χ3n) is 5.11. The monoisotopic (exact) mass is 428 g/mol. The standard InChI is InChI=1S/C22H21ClN2O5/c1-21(2,3)30-20(28)24-11-10-22(29)18(26)14-9-8-13(23)12-17(14)25(22)19(27)15-6-4-5-7-16(15)24/h4-9,12,29H,10-11H2,1-3H3/t22-/m1/s1. The Bertz CT molecular complexity index is 1080. The second kappa shape index (κ2) is 6.82. The van der Waals surface area contributed by atoms with E-state index in [9.17, 15) is 19.5 Å². The fraction of sp³-hybridized carbons (Fsp3) is 0.318. The van der Waals surface area contributed by atoms with Crippen LogP contribution in [0.5, 0.6) is 0 Å². The molecule has 1 N–H and O–H groups in total. The van der Waals surface area contributed by atoms with Crippen LogP contribution in [0.15, 0.2) is 42.5 Å². The van der Waals surface area contributed by atoms with E-state index in [1.807, 2.05) is 0 Å². The molecule has 2 heterocycles. The third kappa shape index (κ3) is 3.14. The lowest BCUT2D eigenvalue weighted by atomic mass is 9.99. The zero-order valence-electron chi connectivity index (χ0n) is 16.8. The quantitative estimate of drug-likeness (QED) is 0.684. The molecule has 30 heavy (non-hydrogen) atoms. The highest BCUT2D eigenvalue weighted by molar-refractivity contribution is 6.32. The second-order valence-electron chi connectivity index (χ2n) is 8.35. The van der Waals surface area contributed by atoms with Crippen LogP contribution in [-0.4, -0.2) is 40.8 Å². The number of carbonyl (C=O) groups excluding carboxylic acids is 3. The summed E-state index contributed by atoms with van der Waals surface area (Å²) >= 11 is 6.09. The van der Waals surface area contributed by atoms with Crippen molar-refractivity contribution in [2.75, 3.05) is 16.3 Å². The Balaban J connectivity index is 1.87. The van der Waals surface area contributed by atoms with Gasteiger partial charge < -0.3 is 9.84 Å². The maximum Gasteiger partial charge on any atom is 0.414 e. The summed E-state index contributed by atoms with van der Waals surface area (Å²) in [5.74, 6) is -1.21. The number of amides is 2. The van der Waals surface area contributed by atoms with E-state index >= 15 is 0 Å². The fourth-order valence-corrected chi connectivity index (χ4v) is 3.97. The van der Waals surface area contributed by atoms with Crippen LogP contribution in [0, 0.1) is 0 Å². The van der Waals surface area contributed by atoms with Gasteiger partial charge in [0.2, 0.25) is 11.5 Å². The molecule has 0 bridgehead atoms. The summed E-state index contributed by atoms with van der Waals surface area (Å²) < 4.78 is 5.49. The van der Waals surface area contributed by atoms with Gasteiger partial charge in [0.15, 0.2) is 0 Å². The van der Waals surface area contributed by atoms with Crippen LogP contribution in [0.2, 0.25) is 5.02 Å². The largest absolute Gasteiger partial charge is 0.443 e. The van der Waals surface area contributed by atoms with Gasteiger partial charge in [-0.15, -0.1) is 0 Å². The summed E-state index contributed by atoms with van der Waals surface area (Å²) in [6, 6.07) is 11.1. The highest BCUT2D eigenvalue weighted by Gasteiger charge is 2.54. The summed E-state index contributed by atoms with van der Waals surface area (Å²) in [7, 11) is 0. The van der Waals surface area contributed by atoms with E-state index in [0.29, 0.717) is 10.7 Å². The second-order valence-corrected chi connectivity index (χ2v) is 8.78.